The summed E-state index contributed by atoms with van der Waals surface area (Å²) in [4.78, 5) is 11.0. The highest BCUT2D eigenvalue weighted by molar-refractivity contribution is 7.17. The van der Waals surface area contributed by atoms with Crippen molar-refractivity contribution in [2.75, 3.05) is 23.3 Å². The number of anilines is 2. The molecule has 1 saturated heterocycles. The average molecular weight is 312 g/mol. The lowest BCUT2D eigenvalue weighted by atomic mass is 10.2. The molecule has 0 aromatic carbocycles. The van der Waals surface area contributed by atoms with Gasteiger partial charge in [-0.2, -0.15) is 5.10 Å². The van der Waals surface area contributed by atoms with Crippen molar-refractivity contribution in [1.29, 1.82) is 0 Å². The highest BCUT2D eigenvalue weighted by Gasteiger charge is 2.25. The average Bonchev–Trinajstić information content (AvgIpc) is 3.23. The summed E-state index contributed by atoms with van der Waals surface area (Å²) in [7, 11) is 0. The van der Waals surface area contributed by atoms with Crippen LogP contribution in [0.3, 0.4) is 0 Å². The monoisotopic (exact) mass is 312 g/mol. The number of nitrogens with one attached hydrogen (secondary N) is 1. The number of thiophene rings is 1. The van der Waals surface area contributed by atoms with E-state index in [9.17, 15) is 0 Å². The van der Waals surface area contributed by atoms with Gasteiger partial charge in [-0.25, -0.2) is 9.97 Å². The largest absolute Gasteiger partial charge is 0.367 e. The third-order valence-electron chi connectivity index (χ3n) is 3.98. The van der Waals surface area contributed by atoms with Crippen molar-refractivity contribution in [2.24, 2.45) is 0 Å². The molecule has 4 heterocycles. The Morgan fingerprint density at radius 2 is 2.32 bits per heavy atom. The Bertz CT molecular complexity index is 759. The highest BCUT2D eigenvalue weighted by atomic mass is 32.1. The van der Waals surface area contributed by atoms with Gasteiger partial charge in [0.25, 0.3) is 0 Å². The van der Waals surface area contributed by atoms with Gasteiger partial charge >= 0.3 is 0 Å². The van der Waals surface area contributed by atoms with Crippen molar-refractivity contribution in [3.8, 4) is 0 Å². The van der Waals surface area contributed by atoms with Gasteiger partial charge in [-0.05, 0) is 36.4 Å². The van der Waals surface area contributed by atoms with Gasteiger partial charge in [-0.3, -0.25) is 0 Å². The summed E-state index contributed by atoms with van der Waals surface area (Å²) in [6.45, 7) is 1.88. The first-order chi connectivity index (χ1) is 10.9. The molecule has 1 aliphatic heterocycles. The molecule has 1 fully saturated rings. The first-order valence-corrected chi connectivity index (χ1v) is 8.26. The van der Waals surface area contributed by atoms with Crippen LogP contribution in [0.1, 0.15) is 12.8 Å². The zero-order chi connectivity index (χ0) is 14.8. The van der Waals surface area contributed by atoms with Crippen LogP contribution >= 0.6 is 11.3 Å². The van der Waals surface area contributed by atoms with E-state index in [0.29, 0.717) is 6.04 Å². The maximum absolute atomic E-state index is 4.38. The van der Waals surface area contributed by atoms with Crippen LogP contribution < -0.4 is 10.2 Å². The molecule has 1 aliphatic rings. The number of hydrogen-bond donors (Lipinski definition) is 1. The molecule has 0 unspecified atom stereocenters. The molecule has 0 radical (unpaired) electrons. The van der Waals surface area contributed by atoms with E-state index in [-0.39, 0.29) is 0 Å². The molecule has 3 aromatic rings. The lowest BCUT2D eigenvalue weighted by Gasteiger charge is -2.25. The van der Waals surface area contributed by atoms with Crippen LogP contribution in [-0.2, 0) is 0 Å². The molecule has 4 rings (SSSR count). The summed E-state index contributed by atoms with van der Waals surface area (Å²) in [5, 5.41) is 13.7. The van der Waals surface area contributed by atoms with Gasteiger partial charge in [-0.1, -0.05) is 0 Å². The molecular weight excluding hydrogens is 296 g/mol. The molecule has 1 N–H and O–H groups in total. The Morgan fingerprint density at radius 1 is 1.32 bits per heavy atom. The van der Waals surface area contributed by atoms with Crippen molar-refractivity contribution < 1.29 is 0 Å². The van der Waals surface area contributed by atoms with Crippen LogP contribution in [0.2, 0.25) is 0 Å². The summed E-state index contributed by atoms with van der Waals surface area (Å²) in [6.07, 6.45) is 5.66. The lowest BCUT2D eigenvalue weighted by Crippen LogP contribution is -2.35. The van der Waals surface area contributed by atoms with Gasteiger partial charge in [0.05, 0.1) is 10.2 Å². The van der Waals surface area contributed by atoms with Gasteiger partial charge in [0.2, 0.25) is 0 Å². The third kappa shape index (κ3) is 2.48. The molecule has 0 amide bonds. The van der Waals surface area contributed by atoms with Crippen molar-refractivity contribution in [1.82, 2.24) is 20.2 Å². The van der Waals surface area contributed by atoms with E-state index in [0.717, 1.165) is 41.4 Å². The van der Waals surface area contributed by atoms with E-state index in [4.69, 9.17) is 0 Å². The molecule has 0 spiro atoms. The topological polar surface area (TPSA) is 66.8 Å². The molecule has 0 aliphatic carbocycles. The Balaban J connectivity index is 1.50. The van der Waals surface area contributed by atoms with Gasteiger partial charge in [0, 0.05) is 25.3 Å². The van der Waals surface area contributed by atoms with Crippen LogP contribution in [0.4, 0.5) is 11.6 Å². The van der Waals surface area contributed by atoms with Crippen molar-refractivity contribution in [3.05, 3.63) is 36.1 Å². The Labute approximate surface area is 132 Å². The molecule has 0 bridgehead atoms. The fourth-order valence-electron chi connectivity index (χ4n) is 2.93. The second-order valence-electron chi connectivity index (χ2n) is 5.31. The van der Waals surface area contributed by atoms with Gasteiger partial charge in [0.15, 0.2) is 5.82 Å². The second-order valence-corrected chi connectivity index (χ2v) is 6.23. The zero-order valence-electron chi connectivity index (χ0n) is 12.0. The van der Waals surface area contributed by atoms with E-state index >= 15 is 0 Å². The predicted octanol–water partition coefficient (Wildman–Crippen LogP) is 2.56. The fraction of sp³-hybridized carbons (Fsp3) is 0.333. The number of fused-ring (bicyclic) bond motifs is 1. The normalized spacial score (nSPS) is 18.0. The Morgan fingerprint density at radius 3 is 3.23 bits per heavy atom. The zero-order valence-corrected chi connectivity index (χ0v) is 12.8. The molecular formula is C15H16N6S. The first kappa shape index (κ1) is 13.4. The van der Waals surface area contributed by atoms with Gasteiger partial charge < -0.3 is 10.2 Å². The lowest BCUT2D eigenvalue weighted by molar-refractivity contribution is 0.685. The number of aromatic nitrogens is 4. The minimum absolute atomic E-state index is 0.418. The predicted molar refractivity (Wildman–Crippen MR) is 88.3 cm³/mol. The molecule has 1 atom stereocenters. The second kappa shape index (κ2) is 5.84. The molecule has 112 valence electrons. The summed E-state index contributed by atoms with van der Waals surface area (Å²) in [5.74, 6) is 1.88. The van der Waals surface area contributed by atoms with Gasteiger partial charge in [-0.15, -0.1) is 16.4 Å². The van der Waals surface area contributed by atoms with Crippen LogP contribution in [-0.4, -0.2) is 39.3 Å². The summed E-state index contributed by atoms with van der Waals surface area (Å²) >= 11 is 1.67. The smallest absolute Gasteiger partial charge is 0.151 e. The maximum Gasteiger partial charge on any atom is 0.151 e. The van der Waals surface area contributed by atoms with Crippen LogP contribution in [0.5, 0.6) is 0 Å². The van der Waals surface area contributed by atoms with Crippen LogP contribution in [0.15, 0.2) is 36.1 Å². The third-order valence-corrected chi connectivity index (χ3v) is 4.89. The minimum atomic E-state index is 0.418. The van der Waals surface area contributed by atoms with Crippen LogP contribution in [0, 0.1) is 0 Å². The van der Waals surface area contributed by atoms with E-state index in [1.165, 1.54) is 6.42 Å². The number of rotatable bonds is 4. The molecule has 3 aromatic heterocycles. The van der Waals surface area contributed by atoms with E-state index < -0.39 is 0 Å². The first-order valence-electron chi connectivity index (χ1n) is 7.38. The van der Waals surface area contributed by atoms with Crippen LogP contribution in [0.25, 0.3) is 10.2 Å². The Kier molecular flexibility index (Phi) is 3.56. The fourth-order valence-corrected chi connectivity index (χ4v) is 3.74. The standard InChI is InChI=1S/C15H16N6S/c1-4-13(20-19-6-1)21-7-2-3-11(21)9-16-15-14-12(5-8-22-14)17-10-18-15/h1,4-6,8,10-11H,2-3,7,9H2,(H,16,17,18)/t11-/m0/s1. The molecule has 7 heteroatoms. The molecule has 22 heavy (non-hydrogen) atoms. The van der Waals surface area contributed by atoms with E-state index in [1.807, 2.05) is 23.6 Å². The van der Waals surface area contributed by atoms with E-state index in [1.54, 1.807) is 23.9 Å². The van der Waals surface area contributed by atoms with Crippen molar-refractivity contribution in [3.63, 3.8) is 0 Å². The number of nitrogens with zero attached hydrogens (tertiary/aromatic N) is 5. The number of hydrogen-bond acceptors (Lipinski definition) is 7. The summed E-state index contributed by atoms with van der Waals surface area (Å²) in [5.41, 5.74) is 1.000. The molecule has 6 nitrogen and oxygen atoms in total. The Hall–Kier alpha value is -2.28. The maximum atomic E-state index is 4.38. The van der Waals surface area contributed by atoms with Crippen molar-refractivity contribution >= 4 is 33.2 Å². The molecule has 0 saturated carbocycles. The SMILES string of the molecule is c1cnnc(N2CCC[C@H]2CNc2ncnc3ccsc23)c1. The van der Waals surface area contributed by atoms with Gasteiger partial charge in [0.1, 0.15) is 12.1 Å². The summed E-state index contributed by atoms with van der Waals surface area (Å²) < 4.78 is 1.12. The quantitative estimate of drug-likeness (QED) is 0.798. The van der Waals surface area contributed by atoms with Crippen molar-refractivity contribution in [2.45, 2.75) is 18.9 Å². The summed E-state index contributed by atoms with van der Waals surface area (Å²) in [6, 6.07) is 6.40. The van der Waals surface area contributed by atoms with E-state index in [2.05, 4.69) is 30.4 Å². The minimum Gasteiger partial charge on any atom is -0.367 e. The highest BCUT2D eigenvalue weighted by Crippen LogP contribution is 2.27.